The van der Waals surface area contributed by atoms with Crippen molar-refractivity contribution in [3.05, 3.63) is 23.6 Å². The molecule has 1 fully saturated rings. The summed E-state index contributed by atoms with van der Waals surface area (Å²) in [5.41, 5.74) is 4.46. The molecule has 0 bridgehead atoms. The lowest BCUT2D eigenvalue weighted by Gasteiger charge is -2.36. The number of nitrogens with zero attached hydrogens (tertiary/aromatic N) is 1. The van der Waals surface area contributed by atoms with Crippen LogP contribution in [-0.2, 0) is 9.53 Å². The van der Waals surface area contributed by atoms with Gasteiger partial charge < -0.3 is 10.5 Å². The maximum atomic E-state index is 14.0. The zero-order valence-electron chi connectivity index (χ0n) is 9.44. The van der Waals surface area contributed by atoms with E-state index >= 15 is 0 Å². The average Bonchev–Trinajstić information content (AvgIpc) is 2.25. The number of fused-ring (bicyclic) bond motifs is 1. The van der Waals surface area contributed by atoms with E-state index in [9.17, 15) is 9.18 Å². The number of rotatable bonds is 1. The molecule has 17 heavy (non-hydrogen) atoms. The van der Waals surface area contributed by atoms with E-state index in [1.807, 2.05) is 0 Å². The molecule has 2 atom stereocenters. The van der Waals surface area contributed by atoms with E-state index in [0.29, 0.717) is 11.5 Å². The number of alkyl halides is 1. The minimum atomic E-state index is -1.68. The van der Waals surface area contributed by atoms with Crippen LogP contribution in [0.15, 0.2) is 23.6 Å². The predicted molar refractivity (Wildman–Crippen MR) is 60.2 cm³/mol. The van der Waals surface area contributed by atoms with Crippen LogP contribution in [0, 0.1) is 12.3 Å². The minimum Gasteiger partial charge on any atom is -0.482 e. The number of morpholine rings is 1. The molecule has 1 amide bonds. The topological polar surface area (TPSA) is 55.6 Å². The molecule has 0 aromatic carbocycles. The summed E-state index contributed by atoms with van der Waals surface area (Å²) < 4.78 is 19.2. The van der Waals surface area contributed by atoms with Crippen molar-refractivity contribution in [1.29, 1.82) is 0 Å². The number of carbonyl (C=O) groups is 1. The molecule has 1 heterocycles. The van der Waals surface area contributed by atoms with E-state index < -0.39 is 11.7 Å². The van der Waals surface area contributed by atoms with Gasteiger partial charge in [-0.15, -0.1) is 6.42 Å². The van der Waals surface area contributed by atoms with Gasteiger partial charge in [0.15, 0.2) is 6.61 Å². The molecule has 2 aliphatic rings. The summed E-state index contributed by atoms with van der Waals surface area (Å²) in [6.07, 6.45) is 7.97. The van der Waals surface area contributed by atoms with Crippen LogP contribution in [0.4, 0.5) is 4.39 Å². The number of ether oxygens (including phenoxy) is 1. The fourth-order valence-electron chi connectivity index (χ4n) is 1.80. The summed E-state index contributed by atoms with van der Waals surface area (Å²) in [7, 11) is 0. The lowest BCUT2D eigenvalue weighted by atomic mass is 9.91. The van der Waals surface area contributed by atoms with Gasteiger partial charge in [-0.2, -0.15) is 0 Å². The lowest BCUT2D eigenvalue weighted by molar-refractivity contribution is -0.135. The third-order valence-electron chi connectivity index (χ3n) is 2.85. The van der Waals surface area contributed by atoms with Gasteiger partial charge in [0.25, 0.3) is 5.91 Å². The van der Waals surface area contributed by atoms with Crippen LogP contribution in [0.25, 0.3) is 0 Å². The fourth-order valence-corrected chi connectivity index (χ4v) is 1.80. The Morgan fingerprint density at radius 2 is 2.53 bits per heavy atom. The Morgan fingerprint density at radius 3 is 3.18 bits per heavy atom. The van der Waals surface area contributed by atoms with E-state index in [1.165, 1.54) is 24.0 Å². The predicted octanol–water partition coefficient (Wildman–Crippen LogP) is 0.315. The first-order valence-corrected chi connectivity index (χ1v) is 5.22. The molecular formula is C12H13FN2O2. The highest BCUT2D eigenvalue weighted by Crippen LogP contribution is 2.33. The van der Waals surface area contributed by atoms with E-state index in [-0.39, 0.29) is 19.1 Å². The molecule has 0 aromatic rings. The van der Waals surface area contributed by atoms with Gasteiger partial charge in [0, 0.05) is 0 Å². The maximum absolute atomic E-state index is 14.0. The van der Waals surface area contributed by atoms with E-state index in [2.05, 4.69) is 5.92 Å². The lowest BCUT2D eigenvalue weighted by Crippen LogP contribution is -2.47. The van der Waals surface area contributed by atoms with Crippen LogP contribution in [-0.4, -0.2) is 35.7 Å². The van der Waals surface area contributed by atoms with Gasteiger partial charge >= 0.3 is 0 Å². The van der Waals surface area contributed by atoms with Crippen LogP contribution >= 0.6 is 0 Å². The molecule has 2 unspecified atom stereocenters. The summed E-state index contributed by atoms with van der Waals surface area (Å²) in [4.78, 5) is 13.0. The number of hydrogen-bond acceptors (Lipinski definition) is 3. The first kappa shape index (κ1) is 11.7. The smallest absolute Gasteiger partial charge is 0.265 e. The largest absolute Gasteiger partial charge is 0.482 e. The summed E-state index contributed by atoms with van der Waals surface area (Å²) in [5.74, 6) is 2.46. The summed E-state index contributed by atoms with van der Waals surface area (Å²) in [6, 6.07) is -0.823. The number of carbonyl (C=O) groups excluding carboxylic acids is 1. The highest BCUT2D eigenvalue weighted by molar-refractivity contribution is 5.82. The van der Waals surface area contributed by atoms with Crippen LogP contribution < -0.4 is 5.73 Å². The number of hydrogen-bond donors (Lipinski definition) is 1. The Labute approximate surface area is 98.9 Å². The standard InChI is InChI=1S/C12H13FN2O2/c1-3-4-15-8-5-10(14)12(2,13)6-9(8)17-7-11(15)16/h1,5-6,10H,4,7,14H2,2H3. The SMILES string of the molecule is C#CCN1C(=O)COC2=CC(C)(F)C(N)C=C21. The third kappa shape index (κ3) is 1.92. The van der Waals surface area contributed by atoms with Gasteiger partial charge in [0.2, 0.25) is 0 Å². The molecule has 0 spiro atoms. The quantitative estimate of drug-likeness (QED) is 0.667. The molecule has 1 saturated heterocycles. The van der Waals surface area contributed by atoms with Crippen molar-refractivity contribution in [1.82, 2.24) is 4.90 Å². The maximum Gasteiger partial charge on any atom is 0.265 e. The van der Waals surface area contributed by atoms with Crippen molar-refractivity contribution in [2.24, 2.45) is 5.73 Å². The molecule has 0 aromatic heterocycles. The molecule has 4 nitrogen and oxygen atoms in total. The van der Waals surface area contributed by atoms with Crippen LogP contribution in [0.2, 0.25) is 0 Å². The molecule has 1 aliphatic heterocycles. The van der Waals surface area contributed by atoms with Crippen LogP contribution in [0.3, 0.4) is 0 Å². The van der Waals surface area contributed by atoms with E-state index in [4.69, 9.17) is 16.9 Å². The van der Waals surface area contributed by atoms with Crippen molar-refractivity contribution in [3.8, 4) is 12.3 Å². The fraction of sp³-hybridized carbons (Fsp3) is 0.417. The van der Waals surface area contributed by atoms with Gasteiger partial charge in [-0.25, -0.2) is 4.39 Å². The van der Waals surface area contributed by atoms with Crippen LogP contribution in [0.5, 0.6) is 0 Å². The van der Waals surface area contributed by atoms with Gasteiger partial charge in [-0.3, -0.25) is 9.69 Å². The number of nitrogens with two attached hydrogens (primary N) is 1. The molecule has 2 rings (SSSR count). The summed E-state index contributed by atoms with van der Waals surface area (Å²) >= 11 is 0. The molecule has 5 heteroatoms. The number of terminal acetylenes is 1. The van der Waals surface area contributed by atoms with Crippen molar-refractivity contribution < 1.29 is 13.9 Å². The van der Waals surface area contributed by atoms with Gasteiger partial charge in [0.05, 0.1) is 18.3 Å². The second kappa shape index (κ2) is 3.90. The average molecular weight is 236 g/mol. The van der Waals surface area contributed by atoms with Crippen molar-refractivity contribution in [3.63, 3.8) is 0 Å². The van der Waals surface area contributed by atoms with E-state index in [1.54, 1.807) is 0 Å². The number of halogens is 1. The first-order valence-electron chi connectivity index (χ1n) is 5.22. The number of amides is 1. The Balaban J connectivity index is 2.38. The molecule has 90 valence electrons. The van der Waals surface area contributed by atoms with Gasteiger partial charge in [-0.05, 0) is 19.1 Å². The summed E-state index contributed by atoms with van der Waals surface area (Å²) in [5, 5.41) is 0. The Bertz CT molecular complexity index is 460. The highest BCUT2D eigenvalue weighted by atomic mass is 19.1. The third-order valence-corrected chi connectivity index (χ3v) is 2.85. The Kier molecular flexibility index (Phi) is 2.68. The molecule has 0 saturated carbocycles. The van der Waals surface area contributed by atoms with Crippen molar-refractivity contribution in [2.45, 2.75) is 18.6 Å². The Hall–Kier alpha value is -1.80. The Morgan fingerprint density at radius 1 is 1.82 bits per heavy atom. The van der Waals surface area contributed by atoms with Crippen molar-refractivity contribution in [2.75, 3.05) is 13.2 Å². The van der Waals surface area contributed by atoms with Crippen molar-refractivity contribution >= 4 is 5.91 Å². The molecule has 0 radical (unpaired) electrons. The van der Waals surface area contributed by atoms with E-state index in [0.717, 1.165) is 0 Å². The first-order chi connectivity index (χ1) is 7.95. The van der Waals surface area contributed by atoms with Crippen LogP contribution in [0.1, 0.15) is 6.92 Å². The molecule has 1 aliphatic carbocycles. The molecular weight excluding hydrogens is 223 g/mol. The van der Waals surface area contributed by atoms with Gasteiger partial charge in [-0.1, -0.05) is 5.92 Å². The normalized spacial score (nSPS) is 32.0. The summed E-state index contributed by atoms with van der Waals surface area (Å²) in [6.45, 7) is 1.36. The zero-order chi connectivity index (χ0) is 12.6. The van der Waals surface area contributed by atoms with Gasteiger partial charge in [0.1, 0.15) is 11.4 Å². The second-order valence-corrected chi connectivity index (χ2v) is 4.21. The minimum absolute atomic E-state index is 0.126. The zero-order valence-corrected chi connectivity index (χ0v) is 9.44. The molecule has 2 N–H and O–H groups in total. The monoisotopic (exact) mass is 236 g/mol. The highest BCUT2D eigenvalue weighted by Gasteiger charge is 2.38. The second-order valence-electron chi connectivity index (χ2n) is 4.21.